The summed E-state index contributed by atoms with van der Waals surface area (Å²) in [5.41, 5.74) is 1.99. The largest absolute Gasteiger partial charge is 0.496 e. The van der Waals surface area contributed by atoms with Gasteiger partial charge in [0.05, 0.1) is 25.3 Å². The number of hydrogen-bond acceptors (Lipinski definition) is 5. The minimum absolute atomic E-state index is 0.0175. The van der Waals surface area contributed by atoms with Gasteiger partial charge in [0.15, 0.2) is 5.76 Å². The summed E-state index contributed by atoms with van der Waals surface area (Å²) in [6.45, 7) is 0. The molecule has 0 aliphatic heterocycles. The fraction of sp³-hybridized carbons (Fsp3) is 0.150. The normalized spacial score (nSPS) is 11.4. The van der Waals surface area contributed by atoms with Crippen LogP contribution in [0.2, 0.25) is 0 Å². The Labute approximate surface area is 151 Å². The van der Waals surface area contributed by atoms with Crippen molar-refractivity contribution in [3.05, 3.63) is 71.9 Å². The Morgan fingerprint density at radius 1 is 1.23 bits per heavy atom. The van der Waals surface area contributed by atoms with Crippen molar-refractivity contribution in [2.75, 3.05) is 7.11 Å². The molecule has 0 aliphatic rings. The molecule has 1 atom stereocenters. The van der Waals surface area contributed by atoms with Gasteiger partial charge in [-0.15, -0.1) is 0 Å². The van der Waals surface area contributed by atoms with E-state index in [1.54, 1.807) is 30.3 Å². The van der Waals surface area contributed by atoms with E-state index >= 15 is 0 Å². The number of amides is 1. The maximum absolute atomic E-state index is 12.3. The summed E-state index contributed by atoms with van der Waals surface area (Å²) in [6.07, 6.45) is 0.0175. The van der Waals surface area contributed by atoms with Crippen LogP contribution < -0.4 is 10.1 Å². The molecule has 6 heteroatoms. The quantitative estimate of drug-likeness (QED) is 0.739. The highest BCUT2D eigenvalue weighted by molar-refractivity contribution is 5.79. The van der Waals surface area contributed by atoms with Crippen LogP contribution in [-0.2, 0) is 11.2 Å². The third-order valence-electron chi connectivity index (χ3n) is 3.84. The van der Waals surface area contributed by atoms with E-state index in [2.05, 4.69) is 16.5 Å². The Morgan fingerprint density at radius 3 is 2.69 bits per heavy atom. The van der Waals surface area contributed by atoms with Crippen LogP contribution in [0.5, 0.6) is 5.75 Å². The van der Waals surface area contributed by atoms with E-state index < -0.39 is 6.04 Å². The smallest absolute Gasteiger partial charge is 0.227 e. The highest BCUT2D eigenvalue weighted by Crippen LogP contribution is 2.24. The molecule has 0 aliphatic carbocycles. The Kier molecular flexibility index (Phi) is 5.30. The van der Waals surface area contributed by atoms with Crippen LogP contribution in [-0.4, -0.2) is 18.2 Å². The third kappa shape index (κ3) is 3.90. The number of para-hydroxylation sites is 1. The van der Waals surface area contributed by atoms with Crippen molar-refractivity contribution in [1.82, 2.24) is 10.5 Å². The lowest BCUT2D eigenvalue weighted by Crippen LogP contribution is -2.29. The maximum Gasteiger partial charge on any atom is 0.227 e. The SMILES string of the molecule is COc1ccccc1[C@@H](C#N)NC(=O)Cc1cc(-c2ccccc2)on1. The van der Waals surface area contributed by atoms with Crippen LogP contribution >= 0.6 is 0 Å². The fourth-order valence-corrected chi connectivity index (χ4v) is 2.59. The minimum Gasteiger partial charge on any atom is -0.496 e. The van der Waals surface area contributed by atoms with Crippen LogP contribution in [0, 0.1) is 11.3 Å². The van der Waals surface area contributed by atoms with E-state index in [1.807, 2.05) is 30.3 Å². The summed E-state index contributed by atoms with van der Waals surface area (Å²) in [5, 5.41) is 16.0. The molecule has 1 N–H and O–H groups in total. The van der Waals surface area contributed by atoms with Gasteiger partial charge in [-0.1, -0.05) is 53.7 Å². The zero-order chi connectivity index (χ0) is 18.4. The summed E-state index contributed by atoms with van der Waals surface area (Å²) in [7, 11) is 1.52. The molecule has 3 aromatic rings. The number of nitriles is 1. The molecule has 26 heavy (non-hydrogen) atoms. The topological polar surface area (TPSA) is 88.1 Å². The first-order valence-electron chi connectivity index (χ1n) is 8.04. The fourth-order valence-electron chi connectivity index (χ4n) is 2.59. The van der Waals surface area contributed by atoms with Crippen molar-refractivity contribution >= 4 is 5.91 Å². The van der Waals surface area contributed by atoms with Crippen LogP contribution in [0.25, 0.3) is 11.3 Å². The van der Waals surface area contributed by atoms with Crippen molar-refractivity contribution in [1.29, 1.82) is 5.26 Å². The Hall–Kier alpha value is -3.59. The molecule has 1 aromatic heterocycles. The molecule has 1 amide bonds. The lowest BCUT2D eigenvalue weighted by molar-refractivity contribution is -0.120. The van der Waals surface area contributed by atoms with Gasteiger partial charge in [-0.2, -0.15) is 5.26 Å². The first-order valence-corrected chi connectivity index (χ1v) is 8.04. The average Bonchev–Trinajstić information content (AvgIpc) is 3.15. The Morgan fingerprint density at radius 2 is 1.96 bits per heavy atom. The second kappa shape index (κ2) is 7.99. The zero-order valence-electron chi connectivity index (χ0n) is 14.2. The van der Waals surface area contributed by atoms with Crippen LogP contribution in [0.1, 0.15) is 17.3 Å². The number of methoxy groups -OCH3 is 1. The minimum atomic E-state index is -0.806. The lowest BCUT2D eigenvalue weighted by Gasteiger charge is -2.14. The number of nitrogens with zero attached hydrogens (tertiary/aromatic N) is 2. The van der Waals surface area contributed by atoms with E-state index in [9.17, 15) is 10.1 Å². The summed E-state index contributed by atoms with van der Waals surface area (Å²) in [6, 6.07) is 19.6. The van der Waals surface area contributed by atoms with Gasteiger partial charge < -0.3 is 14.6 Å². The van der Waals surface area contributed by atoms with Crippen molar-refractivity contribution in [2.45, 2.75) is 12.5 Å². The van der Waals surface area contributed by atoms with Crippen molar-refractivity contribution in [3.8, 4) is 23.1 Å². The Bertz CT molecular complexity index is 929. The number of aromatic nitrogens is 1. The predicted molar refractivity (Wildman–Crippen MR) is 95.1 cm³/mol. The summed E-state index contributed by atoms with van der Waals surface area (Å²) >= 11 is 0. The second-order valence-corrected chi connectivity index (χ2v) is 5.60. The zero-order valence-corrected chi connectivity index (χ0v) is 14.2. The molecule has 0 radical (unpaired) electrons. The summed E-state index contributed by atoms with van der Waals surface area (Å²) in [5.74, 6) is 0.817. The molecule has 0 saturated carbocycles. The molecule has 0 unspecified atom stereocenters. The number of carbonyl (C=O) groups is 1. The molecule has 0 saturated heterocycles. The van der Waals surface area contributed by atoms with Crippen molar-refractivity contribution in [2.24, 2.45) is 0 Å². The molecule has 0 fully saturated rings. The van der Waals surface area contributed by atoms with Gasteiger partial charge in [0, 0.05) is 17.2 Å². The molecular formula is C20H17N3O3. The molecule has 0 bridgehead atoms. The van der Waals surface area contributed by atoms with Crippen LogP contribution in [0.15, 0.2) is 65.2 Å². The highest BCUT2D eigenvalue weighted by Gasteiger charge is 2.19. The van der Waals surface area contributed by atoms with E-state index in [0.717, 1.165) is 5.56 Å². The van der Waals surface area contributed by atoms with Crippen LogP contribution in [0.4, 0.5) is 0 Å². The maximum atomic E-state index is 12.3. The first-order chi connectivity index (χ1) is 12.7. The first kappa shape index (κ1) is 17.2. The predicted octanol–water partition coefficient (Wildman–Crippen LogP) is 3.27. The van der Waals surface area contributed by atoms with E-state index in [1.165, 1.54) is 7.11 Å². The molecule has 6 nitrogen and oxygen atoms in total. The Balaban J connectivity index is 1.69. The third-order valence-corrected chi connectivity index (χ3v) is 3.84. The molecule has 1 heterocycles. The lowest BCUT2D eigenvalue weighted by atomic mass is 10.1. The van der Waals surface area contributed by atoms with E-state index in [-0.39, 0.29) is 12.3 Å². The molecule has 0 spiro atoms. The number of benzene rings is 2. The number of ether oxygens (including phenoxy) is 1. The van der Waals surface area contributed by atoms with E-state index in [0.29, 0.717) is 22.8 Å². The van der Waals surface area contributed by atoms with Crippen molar-refractivity contribution in [3.63, 3.8) is 0 Å². The van der Waals surface area contributed by atoms with Crippen molar-refractivity contribution < 1.29 is 14.1 Å². The van der Waals surface area contributed by atoms with Gasteiger partial charge in [-0.05, 0) is 6.07 Å². The highest BCUT2D eigenvalue weighted by atomic mass is 16.5. The van der Waals surface area contributed by atoms with Gasteiger partial charge in [-0.25, -0.2) is 0 Å². The monoisotopic (exact) mass is 347 g/mol. The number of rotatable bonds is 6. The van der Waals surface area contributed by atoms with Gasteiger partial charge in [0.1, 0.15) is 11.8 Å². The summed E-state index contributed by atoms with van der Waals surface area (Å²) < 4.78 is 10.5. The summed E-state index contributed by atoms with van der Waals surface area (Å²) in [4.78, 5) is 12.3. The standard InChI is InChI=1S/C20H17N3O3/c1-25-18-10-6-5-9-16(18)17(13-21)22-20(24)12-15-11-19(26-23-15)14-7-3-2-4-8-14/h2-11,17H,12H2,1H3,(H,22,24)/t17-/m1/s1. The average molecular weight is 347 g/mol. The van der Waals surface area contributed by atoms with E-state index in [4.69, 9.17) is 9.26 Å². The van der Waals surface area contributed by atoms with Gasteiger partial charge in [-0.3, -0.25) is 4.79 Å². The van der Waals surface area contributed by atoms with Gasteiger partial charge in [0.2, 0.25) is 5.91 Å². The molecule has 3 rings (SSSR count). The number of hydrogen-bond donors (Lipinski definition) is 1. The second-order valence-electron chi connectivity index (χ2n) is 5.60. The molecule has 2 aromatic carbocycles. The number of carbonyl (C=O) groups excluding carboxylic acids is 1. The molecule has 130 valence electrons. The van der Waals surface area contributed by atoms with Crippen LogP contribution in [0.3, 0.4) is 0 Å². The number of nitrogens with one attached hydrogen (secondary N) is 1. The van der Waals surface area contributed by atoms with Gasteiger partial charge >= 0.3 is 0 Å². The van der Waals surface area contributed by atoms with Gasteiger partial charge in [0.25, 0.3) is 0 Å². The molecular weight excluding hydrogens is 330 g/mol.